The molecule has 98 valence electrons. The van der Waals surface area contributed by atoms with Crippen LogP contribution in [0.25, 0.3) is 0 Å². The molecule has 0 bridgehead atoms. The van der Waals surface area contributed by atoms with Gasteiger partial charge >= 0.3 is 0 Å². The Balaban J connectivity index is 1.84. The van der Waals surface area contributed by atoms with E-state index in [2.05, 4.69) is 0 Å². The first-order valence-electron chi connectivity index (χ1n) is 6.37. The average Bonchev–Trinajstić information content (AvgIpc) is 3.13. The van der Waals surface area contributed by atoms with E-state index in [1.165, 1.54) is 6.07 Å². The highest BCUT2D eigenvalue weighted by Gasteiger charge is 2.34. The highest BCUT2D eigenvalue weighted by molar-refractivity contribution is 5.97. The number of nitrogens with zero attached hydrogens (tertiary/aromatic N) is 1. The zero-order chi connectivity index (χ0) is 13.2. The fourth-order valence-corrected chi connectivity index (χ4v) is 2.13. The highest BCUT2D eigenvalue weighted by atomic mass is 16.3. The number of hydrogen-bond donors (Lipinski definition) is 1. The van der Waals surface area contributed by atoms with E-state index >= 15 is 0 Å². The maximum Gasteiger partial charge on any atom is 0.258 e. The second kappa shape index (κ2) is 4.80. The van der Waals surface area contributed by atoms with E-state index in [9.17, 15) is 9.90 Å². The Hall–Kier alpha value is -2.23. The SMILES string of the molecule is O=C(c1ccccc1O)N(Cc1ccco1)C1CC1. The lowest BCUT2D eigenvalue weighted by Crippen LogP contribution is -2.32. The molecule has 0 radical (unpaired) electrons. The second-order valence-corrected chi connectivity index (χ2v) is 4.76. The fraction of sp³-hybridized carbons (Fsp3) is 0.267. The molecule has 1 aromatic carbocycles. The number of rotatable bonds is 4. The summed E-state index contributed by atoms with van der Waals surface area (Å²) in [6.07, 6.45) is 3.63. The van der Waals surface area contributed by atoms with Crippen molar-refractivity contribution in [3.8, 4) is 5.75 Å². The molecule has 0 spiro atoms. The molecule has 1 aliphatic carbocycles. The molecule has 2 aromatic rings. The molecule has 1 heterocycles. The van der Waals surface area contributed by atoms with Crippen LogP contribution < -0.4 is 0 Å². The summed E-state index contributed by atoms with van der Waals surface area (Å²) in [5.41, 5.74) is 0.348. The minimum atomic E-state index is -0.142. The number of phenols is 1. The molecule has 0 unspecified atom stereocenters. The molecule has 1 fully saturated rings. The van der Waals surface area contributed by atoms with Crippen molar-refractivity contribution in [2.24, 2.45) is 0 Å². The Bertz CT molecular complexity index is 573. The molecule has 1 N–H and O–H groups in total. The second-order valence-electron chi connectivity index (χ2n) is 4.76. The van der Waals surface area contributed by atoms with Crippen LogP contribution in [-0.4, -0.2) is 22.0 Å². The van der Waals surface area contributed by atoms with Gasteiger partial charge < -0.3 is 14.4 Å². The van der Waals surface area contributed by atoms with Gasteiger partial charge in [0, 0.05) is 6.04 Å². The fourth-order valence-electron chi connectivity index (χ4n) is 2.13. The third-order valence-corrected chi connectivity index (χ3v) is 3.29. The zero-order valence-corrected chi connectivity index (χ0v) is 10.5. The lowest BCUT2D eigenvalue weighted by Gasteiger charge is -2.21. The molecule has 1 saturated carbocycles. The molecule has 1 aliphatic rings. The molecular formula is C15H15NO3. The summed E-state index contributed by atoms with van der Waals surface area (Å²) < 4.78 is 5.30. The van der Waals surface area contributed by atoms with Crippen molar-refractivity contribution < 1.29 is 14.3 Å². The minimum Gasteiger partial charge on any atom is -0.507 e. The predicted molar refractivity (Wildman–Crippen MR) is 69.7 cm³/mol. The number of amides is 1. The van der Waals surface area contributed by atoms with Crippen LogP contribution in [0.1, 0.15) is 29.0 Å². The van der Waals surface area contributed by atoms with E-state index in [-0.39, 0.29) is 17.7 Å². The van der Waals surface area contributed by atoms with E-state index in [0.29, 0.717) is 12.1 Å². The van der Waals surface area contributed by atoms with E-state index in [4.69, 9.17) is 4.42 Å². The number of benzene rings is 1. The molecule has 4 nitrogen and oxygen atoms in total. The first-order valence-corrected chi connectivity index (χ1v) is 6.37. The van der Waals surface area contributed by atoms with Gasteiger partial charge in [0.15, 0.2) is 0 Å². The summed E-state index contributed by atoms with van der Waals surface area (Å²) in [4.78, 5) is 14.3. The van der Waals surface area contributed by atoms with Crippen molar-refractivity contribution in [2.75, 3.05) is 0 Å². The molecule has 3 rings (SSSR count). The van der Waals surface area contributed by atoms with E-state index < -0.39 is 0 Å². The van der Waals surface area contributed by atoms with Crippen molar-refractivity contribution >= 4 is 5.91 Å². The van der Waals surface area contributed by atoms with Crippen molar-refractivity contribution in [2.45, 2.75) is 25.4 Å². The van der Waals surface area contributed by atoms with Gasteiger partial charge in [-0.2, -0.15) is 0 Å². The zero-order valence-electron chi connectivity index (χ0n) is 10.5. The number of carbonyl (C=O) groups is 1. The third-order valence-electron chi connectivity index (χ3n) is 3.29. The molecule has 19 heavy (non-hydrogen) atoms. The number of aromatic hydroxyl groups is 1. The Labute approximate surface area is 111 Å². The molecular weight excluding hydrogens is 242 g/mol. The molecule has 0 atom stereocenters. The van der Waals surface area contributed by atoms with Crippen LogP contribution in [0.4, 0.5) is 0 Å². The highest BCUT2D eigenvalue weighted by Crippen LogP contribution is 2.31. The quantitative estimate of drug-likeness (QED) is 0.916. The van der Waals surface area contributed by atoms with Gasteiger partial charge in [0.2, 0.25) is 0 Å². The summed E-state index contributed by atoms with van der Waals surface area (Å²) in [7, 11) is 0. The summed E-state index contributed by atoms with van der Waals surface area (Å²) in [5, 5.41) is 9.79. The topological polar surface area (TPSA) is 53.7 Å². The molecule has 0 saturated heterocycles. The average molecular weight is 257 g/mol. The van der Waals surface area contributed by atoms with Crippen molar-refractivity contribution in [1.82, 2.24) is 4.90 Å². The first-order chi connectivity index (χ1) is 9.25. The van der Waals surface area contributed by atoms with Crippen LogP contribution in [0.3, 0.4) is 0 Å². The number of furan rings is 1. The summed E-state index contributed by atoms with van der Waals surface area (Å²) in [5.74, 6) is 0.644. The lowest BCUT2D eigenvalue weighted by molar-refractivity contribution is 0.0714. The number of hydrogen-bond acceptors (Lipinski definition) is 3. The van der Waals surface area contributed by atoms with Crippen LogP contribution in [0.5, 0.6) is 5.75 Å². The van der Waals surface area contributed by atoms with Gasteiger partial charge in [-0.15, -0.1) is 0 Å². The van der Waals surface area contributed by atoms with E-state index in [1.54, 1.807) is 29.4 Å². The maximum absolute atomic E-state index is 12.5. The van der Waals surface area contributed by atoms with Crippen LogP contribution in [0.2, 0.25) is 0 Å². The molecule has 4 heteroatoms. The van der Waals surface area contributed by atoms with Crippen LogP contribution in [0.15, 0.2) is 47.1 Å². The van der Waals surface area contributed by atoms with Crippen LogP contribution >= 0.6 is 0 Å². The maximum atomic E-state index is 12.5. The third kappa shape index (κ3) is 2.47. The molecule has 0 aliphatic heterocycles. The van der Waals surface area contributed by atoms with Gasteiger partial charge in [0.05, 0.1) is 18.4 Å². The standard InChI is InChI=1S/C15H15NO3/c17-14-6-2-1-5-13(14)15(18)16(11-7-8-11)10-12-4-3-9-19-12/h1-6,9,11,17H,7-8,10H2. The van der Waals surface area contributed by atoms with E-state index in [0.717, 1.165) is 18.6 Å². The summed E-state index contributed by atoms with van der Waals surface area (Å²) in [6, 6.07) is 10.6. The van der Waals surface area contributed by atoms with Gasteiger partial charge in [0.25, 0.3) is 5.91 Å². The number of para-hydroxylation sites is 1. The summed E-state index contributed by atoms with van der Waals surface area (Å²) >= 11 is 0. The van der Waals surface area contributed by atoms with E-state index in [1.807, 2.05) is 12.1 Å². The Kier molecular flexibility index (Phi) is 2.99. The largest absolute Gasteiger partial charge is 0.507 e. The Morgan fingerprint density at radius 1 is 1.26 bits per heavy atom. The van der Waals surface area contributed by atoms with Crippen LogP contribution in [0, 0.1) is 0 Å². The first kappa shape index (κ1) is 11.8. The molecule has 1 aromatic heterocycles. The van der Waals surface area contributed by atoms with Gasteiger partial charge in [0.1, 0.15) is 11.5 Å². The molecule has 1 amide bonds. The van der Waals surface area contributed by atoms with Gasteiger partial charge in [-0.1, -0.05) is 12.1 Å². The smallest absolute Gasteiger partial charge is 0.258 e. The monoisotopic (exact) mass is 257 g/mol. The normalized spacial score (nSPS) is 14.3. The van der Waals surface area contributed by atoms with Gasteiger partial charge in [-0.25, -0.2) is 0 Å². The van der Waals surface area contributed by atoms with Crippen molar-refractivity contribution in [3.63, 3.8) is 0 Å². The van der Waals surface area contributed by atoms with Crippen molar-refractivity contribution in [1.29, 1.82) is 0 Å². The summed E-state index contributed by atoms with van der Waals surface area (Å²) in [6.45, 7) is 0.449. The lowest BCUT2D eigenvalue weighted by atomic mass is 10.1. The predicted octanol–water partition coefficient (Wildman–Crippen LogP) is 2.79. The van der Waals surface area contributed by atoms with Gasteiger partial charge in [-0.3, -0.25) is 4.79 Å². The van der Waals surface area contributed by atoms with Crippen LogP contribution in [-0.2, 0) is 6.54 Å². The van der Waals surface area contributed by atoms with Crippen molar-refractivity contribution in [3.05, 3.63) is 54.0 Å². The minimum absolute atomic E-state index is 0.0256. The number of phenolic OH excluding ortho intramolecular Hbond substituents is 1. The Morgan fingerprint density at radius 3 is 2.68 bits per heavy atom. The van der Waals surface area contributed by atoms with Gasteiger partial charge in [-0.05, 0) is 37.1 Å². The number of carbonyl (C=O) groups excluding carboxylic acids is 1. The Morgan fingerprint density at radius 2 is 2.05 bits per heavy atom.